The fourth-order valence-corrected chi connectivity index (χ4v) is 2.22. The molecule has 0 saturated heterocycles. The van der Waals surface area contributed by atoms with Crippen LogP contribution in [-0.4, -0.2) is 34.2 Å². The van der Waals surface area contributed by atoms with Gasteiger partial charge in [-0.1, -0.05) is 41.9 Å². The van der Waals surface area contributed by atoms with Gasteiger partial charge in [0.25, 0.3) is 5.91 Å². The van der Waals surface area contributed by atoms with Crippen LogP contribution in [0.1, 0.15) is 15.9 Å². The first kappa shape index (κ1) is 15.4. The van der Waals surface area contributed by atoms with Crippen LogP contribution >= 0.6 is 11.6 Å². The molecule has 0 heterocycles. The van der Waals surface area contributed by atoms with Crippen molar-refractivity contribution in [1.82, 2.24) is 4.90 Å². The van der Waals surface area contributed by atoms with E-state index >= 15 is 0 Å². The molecule has 0 saturated carbocycles. The van der Waals surface area contributed by atoms with Gasteiger partial charge in [0.1, 0.15) is 5.75 Å². The summed E-state index contributed by atoms with van der Waals surface area (Å²) in [6.07, 6.45) is 0. The predicted molar refractivity (Wildman–Crippen MR) is 81.4 cm³/mol. The number of phenols is 1. The van der Waals surface area contributed by atoms with E-state index in [1.54, 1.807) is 0 Å². The molecule has 2 aromatic rings. The summed E-state index contributed by atoms with van der Waals surface area (Å²) in [5.41, 5.74) is 1.18. The smallest absolute Gasteiger partial charge is 0.255 e. The van der Waals surface area contributed by atoms with Crippen LogP contribution in [0.5, 0.6) is 5.75 Å². The molecule has 0 aliphatic heterocycles. The number of aromatic hydroxyl groups is 1. The third kappa shape index (κ3) is 3.97. The topological polar surface area (TPSA) is 60.8 Å². The molecule has 1 amide bonds. The van der Waals surface area contributed by atoms with E-state index < -0.39 is 0 Å². The van der Waals surface area contributed by atoms with Gasteiger partial charge in [0.15, 0.2) is 0 Å². The number of halogens is 1. The van der Waals surface area contributed by atoms with Gasteiger partial charge >= 0.3 is 0 Å². The molecular formula is C16H16ClNO3. The maximum absolute atomic E-state index is 12.5. The van der Waals surface area contributed by atoms with Crippen molar-refractivity contribution in [2.24, 2.45) is 0 Å². The first-order valence-corrected chi connectivity index (χ1v) is 6.92. The predicted octanol–water partition coefficient (Wildman–Crippen LogP) is 2.68. The van der Waals surface area contributed by atoms with Crippen molar-refractivity contribution in [1.29, 1.82) is 0 Å². The Bertz CT molecular complexity index is 616. The Morgan fingerprint density at radius 3 is 2.52 bits per heavy atom. The molecule has 0 fully saturated rings. The molecule has 0 atom stereocenters. The number of aliphatic hydroxyl groups excluding tert-OH is 1. The van der Waals surface area contributed by atoms with Gasteiger partial charge < -0.3 is 15.1 Å². The van der Waals surface area contributed by atoms with Crippen LogP contribution in [-0.2, 0) is 6.54 Å². The number of hydrogen-bond acceptors (Lipinski definition) is 3. The number of amides is 1. The van der Waals surface area contributed by atoms with Gasteiger partial charge in [-0.3, -0.25) is 4.79 Å². The lowest BCUT2D eigenvalue weighted by Gasteiger charge is -2.22. The Labute approximate surface area is 128 Å². The molecule has 0 aromatic heterocycles. The lowest BCUT2D eigenvalue weighted by atomic mass is 10.1. The van der Waals surface area contributed by atoms with Crippen molar-refractivity contribution in [3.8, 4) is 5.75 Å². The van der Waals surface area contributed by atoms with Crippen molar-refractivity contribution in [2.75, 3.05) is 13.2 Å². The molecule has 0 aliphatic rings. The Morgan fingerprint density at radius 1 is 1.14 bits per heavy atom. The van der Waals surface area contributed by atoms with Gasteiger partial charge in [0, 0.05) is 13.1 Å². The van der Waals surface area contributed by atoms with E-state index in [2.05, 4.69) is 0 Å². The van der Waals surface area contributed by atoms with Gasteiger partial charge in [-0.05, 0) is 23.8 Å². The van der Waals surface area contributed by atoms with Crippen LogP contribution in [0.15, 0.2) is 48.5 Å². The average Bonchev–Trinajstić information content (AvgIpc) is 2.49. The molecular weight excluding hydrogens is 290 g/mol. The molecule has 0 unspecified atom stereocenters. The van der Waals surface area contributed by atoms with Gasteiger partial charge in [-0.15, -0.1) is 0 Å². The molecule has 21 heavy (non-hydrogen) atoms. The monoisotopic (exact) mass is 305 g/mol. The number of aliphatic hydroxyl groups is 1. The van der Waals surface area contributed by atoms with E-state index in [0.29, 0.717) is 6.54 Å². The first-order valence-electron chi connectivity index (χ1n) is 6.54. The largest absolute Gasteiger partial charge is 0.508 e. The Balaban J connectivity index is 2.25. The minimum atomic E-state index is -0.325. The highest BCUT2D eigenvalue weighted by Gasteiger charge is 2.19. The summed E-state index contributed by atoms with van der Waals surface area (Å²) in [5, 5.41) is 18.9. The summed E-state index contributed by atoms with van der Waals surface area (Å²) in [6.45, 7) is 0.418. The Kier molecular flexibility index (Phi) is 5.20. The highest BCUT2D eigenvalue weighted by Crippen LogP contribution is 2.23. The maximum atomic E-state index is 12.5. The van der Waals surface area contributed by atoms with E-state index in [1.807, 2.05) is 30.3 Å². The van der Waals surface area contributed by atoms with Crippen LogP contribution in [0, 0.1) is 0 Å². The van der Waals surface area contributed by atoms with Crippen molar-refractivity contribution < 1.29 is 15.0 Å². The second-order valence-electron chi connectivity index (χ2n) is 4.60. The van der Waals surface area contributed by atoms with Crippen molar-refractivity contribution in [3.63, 3.8) is 0 Å². The molecule has 0 aliphatic carbocycles. The lowest BCUT2D eigenvalue weighted by molar-refractivity contribution is 0.0707. The molecule has 0 bridgehead atoms. The number of carbonyl (C=O) groups is 1. The Morgan fingerprint density at radius 2 is 1.86 bits per heavy atom. The molecule has 0 radical (unpaired) electrons. The van der Waals surface area contributed by atoms with E-state index in [0.717, 1.165) is 5.56 Å². The summed E-state index contributed by atoms with van der Waals surface area (Å²) in [5.74, 6) is -0.347. The van der Waals surface area contributed by atoms with Crippen molar-refractivity contribution in [2.45, 2.75) is 6.54 Å². The second kappa shape index (κ2) is 7.11. The summed E-state index contributed by atoms with van der Waals surface area (Å²) in [6, 6.07) is 13.7. The standard InChI is InChI=1S/C16H16ClNO3/c17-15-7-6-13(20)10-14(15)16(21)18(8-9-19)11-12-4-2-1-3-5-12/h1-7,10,19-20H,8-9,11H2. The summed E-state index contributed by atoms with van der Waals surface area (Å²) in [4.78, 5) is 14.0. The number of rotatable bonds is 5. The van der Waals surface area contributed by atoms with E-state index in [4.69, 9.17) is 16.7 Å². The number of benzene rings is 2. The molecule has 4 nitrogen and oxygen atoms in total. The minimum absolute atomic E-state index is 0.0218. The third-order valence-electron chi connectivity index (χ3n) is 3.05. The highest BCUT2D eigenvalue weighted by atomic mass is 35.5. The molecule has 110 valence electrons. The third-order valence-corrected chi connectivity index (χ3v) is 3.38. The lowest BCUT2D eigenvalue weighted by Crippen LogP contribution is -2.33. The van der Waals surface area contributed by atoms with Crippen LogP contribution in [0.25, 0.3) is 0 Å². The number of nitrogens with zero attached hydrogens (tertiary/aromatic N) is 1. The van der Waals surface area contributed by atoms with Gasteiger partial charge in [0.05, 0.1) is 17.2 Å². The molecule has 2 N–H and O–H groups in total. The summed E-state index contributed by atoms with van der Waals surface area (Å²) >= 11 is 6.02. The molecule has 0 spiro atoms. The molecule has 2 aromatic carbocycles. The fraction of sp³-hybridized carbons (Fsp3) is 0.188. The van der Waals surface area contributed by atoms with Crippen LogP contribution < -0.4 is 0 Å². The number of carbonyl (C=O) groups excluding carboxylic acids is 1. The van der Waals surface area contributed by atoms with Crippen LogP contribution in [0.2, 0.25) is 5.02 Å². The number of phenolic OH excluding ortho intramolecular Hbond substituents is 1. The van der Waals surface area contributed by atoms with Crippen molar-refractivity contribution in [3.05, 3.63) is 64.7 Å². The van der Waals surface area contributed by atoms with E-state index in [1.165, 1.54) is 23.1 Å². The Hall–Kier alpha value is -2.04. The van der Waals surface area contributed by atoms with Crippen LogP contribution in [0.3, 0.4) is 0 Å². The minimum Gasteiger partial charge on any atom is -0.508 e. The molecule has 5 heteroatoms. The summed E-state index contributed by atoms with van der Waals surface area (Å²) < 4.78 is 0. The van der Waals surface area contributed by atoms with Gasteiger partial charge in [-0.2, -0.15) is 0 Å². The zero-order valence-corrected chi connectivity index (χ0v) is 12.1. The summed E-state index contributed by atoms with van der Waals surface area (Å²) in [7, 11) is 0. The van der Waals surface area contributed by atoms with E-state index in [9.17, 15) is 9.90 Å². The van der Waals surface area contributed by atoms with Gasteiger partial charge in [-0.25, -0.2) is 0 Å². The normalized spacial score (nSPS) is 10.4. The number of hydrogen-bond donors (Lipinski definition) is 2. The highest BCUT2D eigenvalue weighted by molar-refractivity contribution is 6.33. The molecule has 2 rings (SSSR count). The first-order chi connectivity index (χ1) is 10.1. The average molecular weight is 306 g/mol. The quantitative estimate of drug-likeness (QED) is 0.893. The second-order valence-corrected chi connectivity index (χ2v) is 5.01. The zero-order chi connectivity index (χ0) is 15.2. The zero-order valence-electron chi connectivity index (χ0n) is 11.4. The SMILES string of the molecule is O=C(c1cc(O)ccc1Cl)N(CCO)Cc1ccccc1. The van der Waals surface area contributed by atoms with Gasteiger partial charge in [0.2, 0.25) is 0 Å². The van der Waals surface area contributed by atoms with E-state index in [-0.39, 0.29) is 35.4 Å². The van der Waals surface area contributed by atoms with Crippen molar-refractivity contribution >= 4 is 17.5 Å². The maximum Gasteiger partial charge on any atom is 0.255 e. The fourth-order valence-electron chi connectivity index (χ4n) is 2.02. The van der Waals surface area contributed by atoms with Crippen LogP contribution in [0.4, 0.5) is 0 Å².